The molecule has 2 rings (SSSR count). The van der Waals surface area contributed by atoms with Crippen molar-refractivity contribution < 1.29 is 14.3 Å². The maximum Gasteiger partial charge on any atom is 0.261 e. The normalized spacial score (nSPS) is 13.1. The van der Waals surface area contributed by atoms with E-state index in [9.17, 15) is 4.79 Å². The summed E-state index contributed by atoms with van der Waals surface area (Å²) in [7, 11) is 1.65. The predicted octanol–water partition coefficient (Wildman–Crippen LogP) is 5.37. The summed E-state index contributed by atoms with van der Waals surface area (Å²) in [6, 6.07) is 13.8. The Hall–Kier alpha value is -2.49. The number of carbonyl (C=O) groups is 1. The first-order chi connectivity index (χ1) is 13.3. The lowest BCUT2D eigenvalue weighted by Gasteiger charge is -2.25. The number of carbonyl (C=O) groups excluding carboxylic acids is 1. The Balaban J connectivity index is 2.16. The third-order valence-corrected chi connectivity index (χ3v) is 5.03. The number of methoxy groups -OCH3 is 1. The molecule has 4 heteroatoms. The Morgan fingerprint density at radius 1 is 1.07 bits per heavy atom. The topological polar surface area (TPSA) is 47.6 Å². The van der Waals surface area contributed by atoms with E-state index in [-0.39, 0.29) is 11.9 Å². The van der Waals surface area contributed by atoms with Crippen molar-refractivity contribution in [3.63, 3.8) is 0 Å². The second kappa shape index (κ2) is 10.2. The molecule has 0 aliphatic heterocycles. The molecular weight excluding hydrogens is 350 g/mol. The van der Waals surface area contributed by atoms with E-state index in [1.807, 2.05) is 63.2 Å². The van der Waals surface area contributed by atoms with Crippen molar-refractivity contribution in [2.45, 2.75) is 59.6 Å². The summed E-state index contributed by atoms with van der Waals surface area (Å²) >= 11 is 0. The number of amides is 1. The molecule has 2 atom stereocenters. The molecule has 0 saturated heterocycles. The van der Waals surface area contributed by atoms with Gasteiger partial charge in [-0.05, 0) is 67.5 Å². The average Bonchev–Trinajstić information content (AvgIpc) is 2.68. The number of rotatable bonds is 9. The number of ether oxygens (including phenoxy) is 2. The molecule has 0 radical (unpaired) electrons. The third kappa shape index (κ3) is 5.75. The van der Waals surface area contributed by atoms with Crippen molar-refractivity contribution in [1.82, 2.24) is 5.32 Å². The molecule has 0 aliphatic carbocycles. The lowest BCUT2D eigenvalue weighted by Crippen LogP contribution is -2.40. The minimum Gasteiger partial charge on any atom is -0.497 e. The molecule has 0 unspecified atom stereocenters. The van der Waals surface area contributed by atoms with Crippen LogP contribution in [0.5, 0.6) is 11.5 Å². The zero-order valence-electron chi connectivity index (χ0n) is 17.9. The van der Waals surface area contributed by atoms with Gasteiger partial charge in [-0.25, -0.2) is 0 Å². The minimum atomic E-state index is -0.520. The Morgan fingerprint density at radius 3 is 2.32 bits per heavy atom. The molecule has 0 bridgehead atoms. The van der Waals surface area contributed by atoms with Crippen molar-refractivity contribution in [2.75, 3.05) is 7.11 Å². The number of benzene rings is 2. The first kappa shape index (κ1) is 21.8. The summed E-state index contributed by atoms with van der Waals surface area (Å²) in [5.74, 6) is 1.95. The van der Waals surface area contributed by atoms with E-state index in [2.05, 4.69) is 19.2 Å². The van der Waals surface area contributed by atoms with E-state index >= 15 is 0 Å². The van der Waals surface area contributed by atoms with Crippen LogP contribution < -0.4 is 14.8 Å². The second-order valence-corrected chi connectivity index (χ2v) is 7.68. The van der Waals surface area contributed by atoms with Gasteiger partial charge in [0.15, 0.2) is 6.10 Å². The molecular formula is C24H33NO3. The van der Waals surface area contributed by atoms with Gasteiger partial charge in [-0.15, -0.1) is 0 Å². The standard InChI is InChI=1S/C24H33NO3/c1-7-22(28-23-10-8-9-17(4)18(23)5)24(26)25-21(15-16(2)3)19-11-13-20(27-6)14-12-19/h8-14,16,21-22H,7,15H2,1-6H3,(H,25,26)/t21-,22+/m0/s1. The lowest BCUT2D eigenvalue weighted by atomic mass is 9.96. The van der Waals surface area contributed by atoms with Gasteiger partial charge in [0.25, 0.3) is 5.91 Å². The zero-order valence-corrected chi connectivity index (χ0v) is 17.9. The summed E-state index contributed by atoms with van der Waals surface area (Å²) in [5.41, 5.74) is 3.30. The van der Waals surface area contributed by atoms with Crippen molar-refractivity contribution >= 4 is 5.91 Å². The van der Waals surface area contributed by atoms with Crippen LogP contribution in [0.15, 0.2) is 42.5 Å². The zero-order chi connectivity index (χ0) is 20.7. The van der Waals surface area contributed by atoms with E-state index in [1.54, 1.807) is 7.11 Å². The van der Waals surface area contributed by atoms with E-state index in [0.717, 1.165) is 34.6 Å². The highest BCUT2D eigenvalue weighted by Crippen LogP contribution is 2.25. The molecule has 152 valence electrons. The number of hydrogen-bond acceptors (Lipinski definition) is 3. The van der Waals surface area contributed by atoms with Crippen LogP contribution >= 0.6 is 0 Å². The van der Waals surface area contributed by atoms with Gasteiger partial charge in [-0.3, -0.25) is 4.79 Å². The fourth-order valence-corrected chi connectivity index (χ4v) is 3.18. The molecule has 4 nitrogen and oxygen atoms in total. The summed E-state index contributed by atoms with van der Waals surface area (Å²) in [5, 5.41) is 3.20. The van der Waals surface area contributed by atoms with Crippen molar-refractivity contribution in [3.8, 4) is 11.5 Å². The molecule has 0 aliphatic rings. The molecule has 0 aromatic heterocycles. The van der Waals surface area contributed by atoms with E-state index in [4.69, 9.17) is 9.47 Å². The van der Waals surface area contributed by atoms with Gasteiger partial charge in [-0.2, -0.15) is 0 Å². The fraction of sp³-hybridized carbons (Fsp3) is 0.458. The molecule has 2 aromatic carbocycles. The SMILES string of the molecule is CC[C@@H](Oc1cccc(C)c1C)C(=O)N[C@@H](CC(C)C)c1ccc(OC)cc1. The van der Waals surface area contributed by atoms with Crippen LogP contribution in [0.3, 0.4) is 0 Å². The Labute approximate surface area is 169 Å². The van der Waals surface area contributed by atoms with E-state index in [0.29, 0.717) is 12.3 Å². The van der Waals surface area contributed by atoms with Crippen LogP contribution in [0, 0.1) is 19.8 Å². The molecule has 1 N–H and O–H groups in total. The van der Waals surface area contributed by atoms with Crippen LogP contribution in [0.4, 0.5) is 0 Å². The van der Waals surface area contributed by atoms with Crippen LogP contribution in [0.2, 0.25) is 0 Å². The first-order valence-electron chi connectivity index (χ1n) is 10.0. The van der Waals surface area contributed by atoms with E-state index in [1.165, 1.54) is 0 Å². The third-order valence-electron chi connectivity index (χ3n) is 5.03. The largest absolute Gasteiger partial charge is 0.497 e. The average molecular weight is 384 g/mol. The Bertz CT molecular complexity index is 768. The molecule has 0 spiro atoms. The fourth-order valence-electron chi connectivity index (χ4n) is 3.18. The Kier molecular flexibility index (Phi) is 7.91. The van der Waals surface area contributed by atoms with Crippen molar-refractivity contribution in [2.24, 2.45) is 5.92 Å². The van der Waals surface area contributed by atoms with Crippen molar-refractivity contribution in [3.05, 3.63) is 59.2 Å². The minimum absolute atomic E-state index is 0.0605. The van der Waals surface area contributed by atoms with Gasteiger partial charge < -0.3 is 14.8 Å². The summed E-state index contributed by atoms with van der Waals surface area (Å²) < 4.78 is 11.3. The number of nitrogens with one attached hydrogen (secondary N) is 1. The Morgan fingerprint density at radius 2 is 1.75 bits per heavy atom. The van der Waals surface area contributed by atoms with Gasteiger partial charge in [0.05, 0.1) is 13.2 Å². The van der Waals surface area contributed by atoms with E-state index < -0.39 is 6.10 Å². The first-order valence-corrected chi connectivity index (χ1v) is 10.0. The van der Waals surface area contributed by atoms with Crippen molar-refractivity contribution in [1.29, 1.82) is 0 Å². The highest BCUT2D eigenvalue weighted by Gasteiger charge is 2.24. The molecule has 1 amide bonds. The molecule has 28 heavy (non-hydrogen) atoms. The number of aryl methyl sites for hydroxylation is 1. The smallest absolute Gasteiger partial charge is 0.261 e. The maximum atomic E-state index is 13.0. The van der Waals surface area contributed by atoms with Gasteiger partial charge >= 0.3 is 0 Å². The van der Waals surface area contributed by atoms with Gasteiger partial charge in [0.2, 0.25) is 0 Å². The summed E-state index contributed by atoms with van der Waals surface area (Å²) in [6.07, 6.45) is 0.946. The summed E-state index contributed by atoms with van der Waals surface area (Å²) in [6.45, 7) is 10.4. The van der Waals surface area contributed by atoms with Gasteiger partial charge in [0, 0.05) is 0 Å². The van der Waals surface area contributed by atoms with Crippen LogP contribution in [0.25, 0.3) is 0 Å². The predicted molar refractivity (Wildman–Crippen MR) is 114 cm³/mol. The second-order valence-electron chi connectivity index (χ2n) is 7.68. The molecule has 0 fully saturated rings. The lowest BCUT2D eigenvalue weighted by molar-refractivity contribution is -0.129. The van der Waals surface area contributed by atoms with Gasteiger partial charge in [0.1, 0.15) is 11.5 Å². The van der Waals surface area contributed by atoms with Crippen LogP contribution in [-0.4, -0.2) is 19.1 Å². The molecule has 2 aromatic rings. The van der Waals surface area contributed by atoms with Crippen LogP contribution in [0.1, 0.15) is 56.3 Å². The highest BCUT2D eigenvalue weighted by atomic mass is 16.5. The maximum absolute atomic E-state index is 13.0. The van der Waals surface area contributed by atoms with Gasteiger partial charge in [-0.1, -0.05) is 45.0 Å². The number of hydrogen-bond donors (Lipinski definition) is 1. The van der Waals surface area contributed by atoms with Crippen LogP contribution in [-0.2, 0) is 4.79 Å². The molecule has 0 saturated carbocycles. The molecule has 0 heterocycles. The monoisotopic (exact) mass is 383 g/mol. The highest BCUT2D eigenvalue weighted by molar-refractivity contribution is 5.81. The summed E-state index contributed by atoms with van der Waals surface area (Å²) in [4.78, 5) is 13.0. The quantitative estimate of drug-likeness (QED) is 0.633.